The average molecular weight is 186 g/mol. The van der Waals surface area contributed by atoms with Crippen molar-refractivity contribution in [2.24, 2.45) is 5.73 Å². The Morgan fingerprint density at radius 3 is 2.54 bits per heavy atom. The molecule has 0 aromatic carbocycles. The molecular formula is C10H22N2O. The van der Waals surface area contributed by atoms with E-state index in [-0.39, 0.29) is 0 Å². The zero-order chi connectivity index (χ0) is 10.3. The van der Waals surface area contributed by atoms with Gasteiger partial charge in [-0.2, -0.15) is 0 Å². The number of likely N-dealkylation sites (N-methyl/N-ethyl adjacent to an activating group) is 1. The molecule has 0 amide bonds. The molecule has 3 nitrogen and oxygen atoms in total. The Balaban J connectivity index is 4.07. The highest BCUT2D eigenvalue weighted by Gasteiger charge is 2.14. The van der Waals surface area contributed by atoms with Gasteiger partial charge in [-0.15, -0.1) is 0 Å². The van der Waals surface area contributed by atoms with Crippen molar-refractivity contribution < 1.29 is 4.74 Å². The van der Waals surface area contributed by atoms with E-state index >= 15 is 0 Å². The molecule has 0 bridgehead atoms. The molecule has 0 rings (SSSR count). The molecule has 1 unspecified atom stereocenters. The van der Waals surface area contributed by atoms with E-state index < -0.39 is 0 Å². The zero-order valence-electron chi connectivity index (χ0n) is 9.05. The topological polar surface area (TPSA) is 38.5 Å². The third-order valence-electron chi connectivity index (χ3n) is 2.03. The van der Waals surface area contributed by atoms with Crippen molar-refractivity contribution in [2.75, 3.05) is 33.4 Å². The van der Waals surface area contributed by atoms with Crippen LogP contribution in [0.4, 0.5) is 0 Å². The summed E-state index contributed by atoms with van der Waals surface area (Å²) in [6.07, 6.45) is 0. The molecule has 13 heavy (non-hydrogen) atoms. The molecule has 0 spiro atoms. The van der Waals surface area contributed by atoms with Crippen LogP contribution >= 0.6 is 0 Å². The molecule has 78 valence electrons. The second-order valence-electron chi connectivity index (χ2n) is 3.37. The maximum atomic E-state index is 5.66. The zero-order valence-corrected chi connectivity index (χ0v) is 9.05. The minimum absolute atomic E-state index is 0.312. The number of hydrogen-bond acceptors (Lipinski definition) is 3. The Morgan fingerprint density at radius 1 is 1.62 bits per heavy atom. The molecule has 2 N–H and O–H groups in total. The fourth-order valence-electron chi connectivity index (χ4n) is 1.36. The van der Waals surface area contributed by atoms with E-state index in [9.17, 15) is 0 Å². The number of rotatable bonds is 7. The molecule has 0 aromatic rings. The number of nitrogens with two attached hydrogens (primary N) is 1. The first-order chi connectivity index (χ1) is 6.15. The molecule has 0 fully saturated rings. The number of hydrogen-bond donors (Lipinski definition) is 1. The Hall–Kier alpha value is -0.380. The van der Waals surface area contributed by atoms with Gasteiger partial charge in [-0.05, 0) is 13.5 Å². The largest absolute Gasteiger partial charge is 0.383 e. The van der Waals surface area contributed by atoms with Gasteiger partial charge in [-0.3, -0.25) is 4.90 Å². The SMILES string of the molecule is C=C(C)CN(CC)C(CN)COC. The second-order valence-corrected chi connectivity index (χ2v) is 3.37. The van der Waals surface area contributed by atoms with Crippen molar-refractivity contribution in [1.29, 1.82) is 0 Å². The maximum absolute atomic E-state index is 5.66. The van der Waals surface area contributed by atoms with Crippen molar-refractivity contribution in [1.82, 2.24) is 4.90 Å². The van der Waals surface area contributed by atoms with Gasteiger partial charge in [0.25, 0.3) is 0 Å². The number of ether oxygens (including phenoxy) is 1. The van der Waals surface area contributed by atoms with E-state index in [2.05, 4.69) is 18.4 Å². The van der Waals surface area contributed by atoms with Crippen molar-refractivity contribution in [2.45, 2.75) is 19.9 Å². The fraction of sp³-hybridized carbons (Fsp3) is 0.800. The molecule has 0 aliphatic rings. The van der Waals surface area contributed by atoms with Crippen molar-refractivity contribution in [3.05, 3.63) is 12.2 Å². The predicted molar refractivity (Wildman–Crippen MR) is 56.8 cm³/mol. The van der Waals surface area contributed by atoms with E-state index in [1.807, 2.05) is 6.92 Å². The first-order valence-electron chi connectivity index (χ1n) is 4.73. The van der Waals surface area contributed by atoms with Gasteiger partial charge in [0.15, 0.2) is 0 Å². The first kappa shape index (κ1) is 12.6. The van der Waals surface area contributed by atoms with Crippen LogP contribution in [-0.4, -0.2) is 44.3 Å². The summed E-state index contributed by atoms with van der Waals surface area (Å²) >= 11 is 0. The monoisotopic (exact) mass is 186 g/mol. The molecule has 3 heteroatoms. The first-order valence-corrected chi connectivity index (χ1v) is 4.73. The van der Waals surface area contributed by atoms with Gasteiger partial charge >= 0.3 is 0 Å². The van der Waals surface area contributed by atoms with Gasteiger partial charge in [0, 0.05) is 26.2 Å². The lowest BCUT2D eigenvalue weighted by Gasteiger charge is -2.29. The molecular weight excluding hydrogens is 164 g/mol. The second kappa shape index (κ2) is 7.06. The van der Waals surface area contributed by atoms with E-state index in [0.29, 0.717) is 19.2 Å². The van der Waals surface area contributed by atoms with Crippen LogP contribution in [0.2, 0.25) is 0 Å². The highest BCUT2D eigenvalue weighted by molar-refractivity contribution is 4.93. The van der Waals surface area contributed by atoms with Crippen LogP contribution in [0.1, 0.15) is 13.8 Å². The summed E-state index contributed by atoms with van der Waals surface area (Å²) in [6.45, 7) is 11.3. The maximum Gasteiger partial charge on any atom is 0.0630 e. The Bertz CT molecular complexity index is 148. The molecule has 0 saturated carbocycles. The molecule has 0 aromatic heterocycles. The lowest BCUT2D eigenvalue weighted by atomic mass is 10.2. The fourth-order valence-corrected chi connectivity index (χ4v) is 1.36. The third-order valence-corrected chi connectivity index (χ3v) is 2.03. The minimum Gasteiger partial charge on any atom is -0.383 e. The van der Waals surface area contributed by atoms with E-state index in [4.69, 9.17) is 10.5 Å². The van der Waals surface area contributed by atoms with Crippen molar-refractivity contribution >= 4 is 0 Å². The van der Waals surface area contributed by atoms with E-state index in [1.165, 1.54) is 0 Å². The van der Waals surface area contributed by atoms with Gasteiger partial charge in [-0.25, -0.2) is 0 Å². The van der Waals surface area contributed by atoms with Crippen LogP contribution in [0.3, 0.4) is 0 Å². The van der Waals surface area contributed by atoms with E-state index in [1.54, 1.807) is 7.11 Å². The molecule has 0 heterocycles. The summed E-state index contributed by atoms with van der Waals surface area (Å²) in [4.78, 5) is 2.28. The van der Waals surface area contributed by atoms with Crippen LogP contribution in [0.5, 0.6) is 0 Å². The average Bonchev–Trinajstić information content (AvgIpc) is 2.10. The van der Waals surface area contributed by atoms with Gasteiger partial charge in [0.1, 0.15) is 0 Å². The quantitative estimate of drug-likeness (QED) is 0.599. The van der Waals surface area contributed by atoms with Gasteiger partial charge < -0.3 is 10.5 Å². The Kier molecular flexibility index (Phi) is 6.86. The van der Waals surface area contributed by atoms with Crippen LogP contribution in [0.25, 0.3) is 0 Å². The van der Waals surface area contributed by atoms with Crippen molar-refractivity contribution in [3.63, 3.8) is 0 Å². The number of methoxy groups -OCH3 is 1. The molecule has 0 radical (unpaired) electrons. The Labute approximate surface area is 81.5 Å². The standard InChI is InChI=1S/C10H22N2O/c1-5-12(7-9(2)3)10(6-11)8-13-4/h10H,2,5-8,11H2,1,3-4H3. The smallest absolute Gasteiger partial charge is 0.0630 e. The summed E-state index contributed by atoms with van der Waals surface area (Å²) < 4.78 is 5.11. The molecule has 0 aliphatic carbocycles. The highest BCUT2D eigenvalue weighted by atomic mass is 16.5. The van der Waals surface area contributed by atoms with Gasteiger partial charge in [0.05, 0.1) is 6.61 Å². The third kappa shape index (κ3) is 5.03. The van der Waals surface area contributed by atoms with Crippen LogP contribution in [-0.2, 0) is 4.74 Å². The summed E-state index contributed by atoms with van der Waals surface area (Å²) in [6, 6.07) is 0.312. The van der Waals surface area contributed by atoms with Crippen molar-refractivity contribution in [3.8, 4) is 0 Å². The highest BCUT2D eigenvalue weighted by Crippen LogP contribution is 2.02. The lowest BCUT2D eigenvalue weighted by Crippen LogP contribution is -2.44. The van der Waals surface area contributed by atoms with Crippen LogP contribution in [0.15, 0.2) is 12.2 Å². The number of nitrogens with zero attached hydrogens (tertiary/aromatic N) is 1. The van der Waals surface area contributed by atoms with Gasteiger partial charge in [0.2, 0.25) is 0 Å². The molecule has 0 saturated heterocycles. The van der Waals surface area contributed by atoms with Gasteiger partial charge in [-0.1, -0.05) is 19.1 Å². The van der Waals surface area contributed by atoms with Crippen LogP contribution < -0.4 is 5.73 Å². The molecule has 1 atom stereocenters. The summed E-state index contributed by atoms with van der Waals surface area (Å²) in [5.74, 6) is 0. The Morgan fingerprint density at radius 2 is 2.23 bits per heavy atom. The van der Waals surface area contributed by atoms with Crippen LogP contribution in [0, 0.1) is 0 Å². The van der Waals surface area contributed by atoms with E-state index in [0.717, 1.165) is 18.7 Å². The lowest BCUT2D eigenvalue weighted by molar-refractivity contribution is 0.103. The minimum atomic E-state index is 0.312. The molecule has 0 aliphatic heterocycles. The summed E-state index contributed by atoms with van der Waals surface area (Å²) in [7, 11) is 1.71. The summed E-state index contributed by atoms with van der Waals surface area (Å²) in [5, 5.41) is 0. The normalized spacial score (nSPS) is 13.3. The summed E-state index contributed by atoms with van der Waals surface area (Å²) in [5.41, 5.74) is 6.82. The predicted octanol–water partition coefficient (Wildman–Crippen LogP) is 0.858.